The first-order valence-electron chi connectivity index (χ1n) is 9.86. The van der Waals surface area contributed by atoms with Crippen molar-refractivity contribution in [3.8, 4) is 0 Å². The SMILES string of the molecule is CCOC(=O)Cc1csc(NC(=O)c2ccc(S(=O)(=O)N3CC(C)OC(C)C3)cc2)n1. The van der Waals surface area contributed by atoms with Crippen molar-refractivity contribution < 1.29 is 27.5 Å². The molecule has 31 heavy (non-hydrogen) atoms. The molecule has 2 aromatic rings. The number of nitrogens with zero attached hydrogens (tertiary/aromatic N) is 2. The van der Waals surface area contributed by atoms with Gasteiger partial charge in [-0.2, -0.15) is 4.31 Å². The third-order valence-electron chi connectivity index (χ3n) is 4.54. The second-order valence-electron chi connectivity index (χ2n) is 7.18. The van der Waals surface area contributed by atoms with Crippen LogP contribution in [0.25, 0.3) is 0 Å². The fourth-order valence-corrected chi connectivity index (χ4v) is 5.52. The number of benzene rings is 1. The number of hydrogen-bond donors (Lipinski definition) is 1. The first-order chi connectivity index (χ1) is 14.7. The van der Waals surface area contributed by atoms with Crippen LogP contribution in [0.4, 0.5) is 5.13 Å². The number of carbonyl (C=O) groups excluding carboxylic acids is 2. The van der Waals surface area contributed by atoms with Gasteiger partial charge in [0.15, 0.2) is 5.13 Å². The van der Waals surface area contributed by atoms with E-state index in [1.807, 2.05) is 13.8 Å². The van der Waals surface area contributed by atoms with Gasteiger partial charge in [-0.1, -0.05) is 0 Å². The molecule has 1 amide bonds. The number of hydrogen-bond acceptors (Lipinski definition) is 8. The summed E-state index contributed by atoms with van der Waals surface area (Å²) in [6.45, 7) is 6.26. The third kappa shape index (κ3) is 5.88. The Kier molecular flexibility index (Phi) is 7.42. The number of nitrogens with one attached hydrogen (secondary N) is 1. The predicted molar refractivity (Wildman–Crippen MR) is 116 cm³/mol. The fourth-order valence-electron chi connectivity index (χ4n) is 3.23. The zero-order valence-corrected chi connectivity index (χ0v) is 19.2. The minimum atomic E-state index is -3.67. The van der Waals surface area contributed by atoms with Gasteiger partial charge >= 0.3 is 5.97 Å². The first-order valence-corrected chi connectivity index (χ1v) is 12.2. The Bertz CT molecular complexity index is 1030. The molecule has 1 fully saturated rings. The molecule has 168 valence electrons. The van der Waals surface area contributed by atoms with Crippen LogP contribution >= 0.6 is 11.3 Å². The van der Waals surface area contributed by atoms with Crippen LogP contribution in [0.1, 0.15) is 36.8 Å². The van der Waals surface area contributed by atoms with Gasteiger partial charge in [0.2, 0.25) is 10.0 Å². The molecule has 0 bridgehead atoms. The minimum Gasteiger partial charge on any atom is -0.466 e. The highest BCUT2D eigenvalue weighted by Gasteiger charge is 2.32. The van der Waals surface area contributed by atoms with E-state index in [1.165, 1.54) is 39.9 Å². The van der Waals surface area contributed by atoms with Gasteiger partial charge in [0, 0.05) is 24.0 Å². The van der Waals surface area contributed by atoms with E-state index >= 15 is 0 Å². The van der Waals surface area contributed by atoms with Gasteiger partial charge < -0.3 is 9.47 Å². The van der Waals surface area contributed by atoms with Gasteiger partial charge in [-0.25, -0.2) is 13.4 Å². The van der Waals surface area contributed by atoms with Crippen molar-refractivity contribution in [1.29, 1.82) is 0 Å². The Hall–Kier alpha value is -2.34. The van der Waals surface area contributed by atoms with Crippen molar-refractivity contribution in [3.05, 3.63) is 40.9 Å². The molecule has 1 saturated heterocycles. The standard InChI is InChI=1S/C20H25N3O6S2/c1-4-28-18(24)9-16-12-30-20(21-16)22-19(25)15-5-7-17(8-6-15)31(26,27)23-10-13(2)29-14(3)11-23/h5-8,12-14H,4,9-11H2,1-3H3,(H,21,22,25). The highest BCUT2D eigenvalue weighted by molar-refractivity contribution is 7.89. The van der Waals surface area contributed by atoms with Crippen LogP contribution < -0.4 is 5.32 Å². The minimum absolute atomic E-state index is 0.0333. The summed E-state index contributed by atoms with van der Waals surface area (Å²) in [6.07, 6.45) is -0.336. The van der Waals surface area contributed by atoms with E-state index in [0.717, 1.165) is 0 Å². The Balaban J connectivity index is 1.65. The number of ether oxygens (including phenoxy) is 2. The first kappa shape index (κ1) is 23.3. The summed E-state index contributed by atoms with van der Waals surface area (Å²) in [7, 11) is -3.67. The number of thiazole rings is 1. The van der Waals surface area contributed by atoms with Crippen molar-refractivity contribution in [2.75, 3.05) is 25.0 Å². The van der Waals surface area contributed by atoms with Gasteiger partial charge in [-0.15, -0.1) is 11.3 Å². The molecule has 0 radical (unpaired) electrons. The lowest BCUT2D eigenvalue weighted by Gasteiger charge is -2.34. The smallest absolute Gasteiger partial charge is 0.311 e. The normalized spacial score (nSPS) is 19.7. The summed E-state index contributed by atoms with van der Waals surface area (Å²) in [5.74, 6) is -0.805. The molecular formula is C20H25N3O6S2. The van der Waals surface area contributed by atoms with Crippen LogP contribution in [0.3, 0.4) is 0 Å². The van der Waals surface area contributed by atoms with Crippen LogP contribution in [0.5, 0.6) is 0 Å². The molecule has 2 unspecified atom stereocenters. The molecule has 1 aliphatic rings. The van der Waals surface area contributed by atoms with Crippen LogP contribution in [0.2, 0.25) is 0 Å². The maximum Gasteiger partial charge on any atom is 0.311 e. The summed E-state index contributed by atoms with van der Waals surface area (Å²) in [6, 6.07) is 5.76. The molecule has 0 saturated carbocycles. The lowest BCUT2D eigenvalue weighted by Crippen LogP contribution is -2.48. The van der Waals surface area contributed by atoms with Crippen LogP contribution in [0, 0.1) is 0 Å². The molecule has 2 heterocycles. The van der Waals surface area contributed by atoms with Crippen molar-refractivity contribution in [2.24, 2.45) is 0 Å². The molecule has 0 spiro atoms. The number of esters is 1. The average molecular weight is 468 g/mol. The molecule has 9 nitrogen and oxygen atoms in total. The third-order valence-corrected chi connectivity index (χ3v) is 7.20. The van der Waals surface area contributed by atoms with E-state index in [-0.39, 0.29) is 42.6 Å². The van der Waals surface area contributed by atoms with Gasteiger partial charge in [-0.3, -0.25) is 14.9 Å². The predicted octanol–water partition coefficient (Wildman–Crippen LogP) is 2.30. The van der Waals surface area contributed by atoms with Crippen molar-refractivity contribution in [3.63, 3.8) is 0 Å². The molecule has 11 heteroatoms. The van der Waals surface area contributed by atoms with Crippen molar-refractivity contribution >= 4 is 38.4 Å². The van der Waals surface area contributed by atoms with Crippen LogP contribution in [-0.2, 0) is 30.7 Å². The number of anilines is 1. The summed E-state index contributed by atoms with van der Waals surface area (Å²) >= 11 is 1.19. The molecule has 1 aromatic heterocycles. The van der Waals surface area contributed by atoms with E-state index in [1.54, 1.807) is 12.3 Å². The quantitative estimate of drug-likeness (QED) is 0.621. The van der Waals surface area contributed by atoms with E-state index in [2.05, 4.69) is 10.3 Å². The summed E-state index contributed by atoms with van der Waals surface area (Å²) in [4.78, 5) is 28.3. The number of carbonyl (C=O) groups is 2. The van der Waals surface area contributed by atoms with E-state index in [4.69, 9.17) is 9.47 Å². The zero-order valence-electron chi connectivity index (χ0n) is 17.5. The Morgan fingerprint density at radius 3 is 2.48 bits per heavy atom. The largest absolute Gasteiger partial charge is 0.466 e. The number of rotatable bonds is 7. The van der Waals surface area contributed by atoms with Gasteiger partial charge in [0.1, 0.15) is 0 Å². The van der Waals surface area contributed by atoms with E-state index in [9.17, 15) is 18.0 Å². The molecule has 2 atom stereocenters. The molecule has 3 rings (SSSR count). The zero-order chi connectivity index (χ0) is 22.6. The summed E-state index contributed by atoms with van der Waals surface area (Å²) < 4.78 is 37.7. The maximum atomic E-state index is 12.9. The monoisotopic (exact) mass is 467 g/mol. The van der Waals surface area contributed by atoms with Gasteiger partial charge in [0.05, 0.1) is 35.8 Å². The molecule has 1 aliphatic heterocycles. The topological polar surface area (TPSA) is 115 Å². The Morgan fingerprint density at radius 1 is 1.23 bits per heavy atom. The average Bonchev–Trinajstić information content (AvgIpc) is 3.14. The van der Waals surface area contributed by atoms with Crippen molar-refractivity contribution in [1.82, 2.24) is 9.29 Å². The molecule has 0 aliphatic carbocycles. The molecular weight excluding hydrogens is 442 g/mol. The lowest BCUT2D eigenvalue weighted by molar-refractivity contribution is -0.142. The number of morpholine rings is 1. The number of aromatic nitrogens is 1. The van der Waals surface area contributed by atoms with Crippen LogP contribution in [-0.4, -0.2) is 61.5 Å². The number of amides is 1. The maximum absolute atomic E-state index is 12.9. The van der Waals surface area contributed by atoms with E-state index in [0.29, 0.717) is 23.0 Å². The number of sulfonamides is 1. The molecule has 1 N–H and O–H groups in total. The second kappa shape index (κ2) is 9.86. The summed E-state index contributed by atoms with van der Waals surface area (Å²) in [5, 5.41) is 4.67. The van der Waals surface area contributed by atoms with Gasteiger partial charge in [-0.05, 0) is 45.0 Å². The van der Waals surface area contributed by atoms with Gasteiger partial charge in [0.25, 0.3) is 5.91 Å². The van der Waals surface area contributed by atoms with Crippen molar-refractivity contribution in [2.45, 2.75) is 44.3 Å². The second-order valence-corrected chi connectivity index (χ2v) is 9.98. The highest BCUT2D eigenvalue weighted by atomic mass is 32.2. The Labute approximate surface area is 185 Å². The lowest BCUT2D eigenvalue weighted by atomic mass is 10.2. The molecule has 1 aromatic carbocycles. The Morgan fingerprint density at radius 2 is 1.87 bits per heavy atom. The fraction of sp³-hybridized carbons (Fsp3) is 0.450. The highest BCUT2D eigenvalue weighted by Crippen LogP contribution is 2.22. The van der Waals surface area contributed by atoms with Crippen LogP contribution in [0.15, 0.2) is 34.5 Å². The van der Waals surface area contributed by atoms with E-state index < -0.39 is 15.9 Å². The summed E-state index contributed by atoms with van der Waals surface area (Å²) in [5.41, 5.74) is 0.805.